The van der Waals surface area contributed by atoms with Crippen LogP contribution in [0, 0.1) is 0 Å². The van der Waals surface area contributed by atoms with E-state index >= 15 is 0 Å². The Labute approximate surface area is 176 Å². The summed E-state index contributed by atoms with van der Waals surface area (Å²) in [7, 11) is 3.45. The van der Waals surface area contributed by atoms with Crippen molar-refractivity contribution < 1.29 is 24.3 Å². The monoisotopic (exact) mass is 418 g/mol. The number of benzene rings is 1. The van der Waals surface area contributed by atoms with Crippen LogP contribution in [0.5, 0.6) is 0 Å². The number of nitrogens with zero attached hydrogens (tertiary/aromatic N) is 3. The van der Waals surface area contributed by atoms with Crippen LogP contribution in [0.1, 0.15) is 25.7 Å². The second-order valence-electron chi connectivity index (χ2n) is 7.39. The molecule has 1 fully saturated rings. The van der Waals surface area contributed by atoms with Crippen LogP contribution in [0.15, 0.2) is 24.3 Å². The number of anilines is 2. The number of rotatable bonds is 11. The van der Waals surface area contributed by atoms with E-state index in [1.165, 1.54) is 11.9 Å². The van der Waals surface area contributed by atoms with E-state index in [0.29, 0.717) is 25.2 Å². The number of carbonyl (C=O) groups is 4. The molecule has 2 amide bonds. The molecule has 1 aromatic carbocycles. The molecule has 30 heavy (non-hydrogen) atoms. The van der Waals surface area contributed by atoms with Gasteiger partial charge in [0.25, 0.3) is 0 Å². The number of aldehydes is 1. The normalized spacial score (nSPS) is 15.8. The molecule has 0 aromatic heterocycles. The number of piperidine rings is 1. The molecule has 2 rings (SSSR count). The second kappa shape index (κ2) is 11.3. The summed E-state index contributed by atoms with van der Waals surface area (Å²) in [6, 6.07) is 6.76. The number of para-hydroxylation sites is 2. The highest BCUT2D eigenvalue weighted by Gasteiger charge is 2.29. The van der Waals surface area contributed by atoms with E-state index in [1.807, 2.05) is 24.1 Å². The molecular formula is C21H30N4O5. The van der Waals surface area contributed by atoms with Crippen molar-refractivity contribution in [3.8, 4) is 0 Å². The molecule has 1 saturated heterocycles. The number of likely N-dealkylation sites (tertiary alicyclic amines) is 1. The predicted octanol–water partition coefficient (Wildman–Crippen LogP) is 0.728. The Morgan fingerprint density at radius 2 is 1.87 bits per heavy atom. The number of amides is 2. The minimum Gasteiger partial charge on any atom is -0.480 e. The van der Waals surface area contributed by atoms with Crippen LogP contribution >= 0.6 is 0 Å². The number of carbonyl (C=O) groups excluding carboxylic acids is 3. The van der Waals surface area contributed by atoms with Crippen molar-refractivity contribution >= 4 is 35.9 Å². The molecule has 0 aliphatic carbocycles. The van der Waals surface area contributed by atoms with Crippen LogP contribution in [0.3, 0.4) is 0 Å². The van der Waals surface area contributed by atoms with Gasteiger partial charge < -0.3 is 25.0 Å². The summed E-state index contributed by atoms with van der Waals surface area (Å²) in [6.07, 6.45) is 3.36. The Kier molecular flexibility index (Phi) is 8.79. The van der Waals surface area contributed by atoms with Gasteiger partial charge >= 0.3 is 5.97 Å². The zero-order valence-electron chi connectivity index (χ0n) is 17.5. The van der Waals surface area contributed by atoms with Crippen LogP contribution in [0.2, 0.25) is 0 Å². The quantitative estimate of drug-likeness (QED) is 0.510. The van der Waals surface area contributed by atoms with Crippen molar-refractivity contribution in [2.45, 2.75) is 37.8 Å². The molecule has 0 spiro atoms. The van der Waals surface area contributed by atoms with Gasteiger partial charge in [0, 0.05) is 39.6 Å². The first-order chi connectivity index (χ1) is 14.4. The van der Waals surface area contributed by atoms with Gasteiger partial charge in [-0.3, -0.25) is 19.3 Å². The number of likely N-dealkylation sites (N-methyl/N-ethyl adjacent to an activating group) is 1. The first-order valence-electron chi connectivity index (χ1n) is 10.1. The van der Waals surface area contributed by atoms with Gasteiger partial charge in [-0.05, 0) is 31.4 Å². The highest BCUT2D eigenvalue weighted by atomic mass is 16.4. The summed E-state index contributed by atoms with van der Waals surface area (Å²) in [5.41, 5.74) is 1.41. The lowest BCUT2D eigenvalue weighted by atomic mass is 10.0. The Morgan fingerprint density at radius 3 is 2.40 bits per heavy atom. The Balaban J connectivity index is 2.24. The van der Waals surface area contributed by atoms with E-state index in [4.69, 9.17) is 5.11 Å². The molecule has 1 aromatic rings. The first kappa shape index (κ1) is 23.3. The molecule has 1 unspecified atom stereocenters. The van der Waals surface area contributed by atoms with Crippen molar-refractivity contribution in [2.24, 2.45) is 0 Å². The van der Waals surface area contributed by atoms with Crippen LogP contribution in [-0.4, -0.2) is 80.4 Å². The summed E-state index contributed by atoms with van der Waals surface area (Å²) in [4.78, 5) is 51.6. The summed E-state index contributed by atoms with van der Waals surface area (Å²) >= 11 is 0. The van der Waals surface area contributed by atoms with E-state index in [-0.39, 0.29) is 31.3 Å². The number of hydrogen-bond donors (Lipinski definition) is 2. The van der Waals surface area contributed by atoms with Gasteiger partial charge in [0.1, 0.15) is 12.3 Å². The van der Waals surface area contributed by atoms with Crippen molar-refractivity contribution in [1.29, 1.82) is 0 Å². The first-order valence-corrected chi connectivity index (χ1v) is 10.1. The summed E-state index contributed by atoms with van der Waals surface area (Å²) in [5.74, 6) is -1.16. The SMILES string of the molecule is CNC(=O)C(CCC=O)N(C=O)c1ccccc1N(C)C1CCN(CC(=O)O)CC1. The molecule has 1 heterocycles. The number of hydrogen-bond acceptors (Lipinski definition) is 6. The zero-order chi connectivity index (χ0) is 22.1. The number of carboxylic acid groups (broad SMARTS) is 1. The molecule has 2 N–H and O–H groups in total. The van der Waals surface area contributed by atoms with Gasteiger partial charge in [0.15, 0.2) is 0 Å². The van der Waals surface area contributed by atoms with E-state index < -0.39 is 12.0 Å². The van der Waals surface area contributed by atoms with Gasteiger partial charge in [-0.25, -0.2) is 0 Å². The minimum atomic E-state index is -0.829. The average molecular weight is 418 g/mol. The predicted molar refractivity (Wildman–Crippen MR) is 114 cm³/mol. The van der Waals surface area contributed by atoms with E-state index in [1.54, 1.807) is 12.1 Å². The lowest BCUT2D eigenvalue weighted by Crippen LogP contribution is -2.47. The number of nitrogens with one attached hydrogen (secondary N) is 1. The van der Waals surface area contributed by atoms with Crippen LogP contribution < -0.4 is 15.1 Å². The largest absolute Gasteiger partial charge is 0.480 e. The zero-order valence-corrected chi connectivity index (χ0v) is 17.5. The van der Waals surface area contributed by atoms with Gasteiger partial charge in [0.2, 0.25) is 12.3 Å². The van der Waals surface area contributed by atoms with Crippen LogP contribution in [-0.2, 0) is 19.2 Å². The Hall–Kier alpha value is -2.94. The van der Waals surface area contributed by atoms with E-state index in [0.717, 1.165) is 24.8 Å². The van der Waals surface area contributed by atoms with E-state index in [2.05, 4.69) is 10.2 Å². The molecule has 0 bridgehead atoms. The maximum Gasteiger partial charge on any atom is 0.317 e. The lowest BCUT2D eigenvalue weighted by Gasteiger charge is -2.39. The molecule has 164 valence electrons. The second-order valence-corrected chi connectivity index (χ2v) is 7.39. The molecule has 1 aliphatic heterocycles. The Morgan fingerprint density at radius 1 is 1.23 bits per heavy atom. The molecule has 1 aliphatic rings. The van der Waals surface area contributed by atoms with E-state index in [9.17, 15) is 19.2 Å². The van der Waals surface area contributed by atoms with Crippen molar-refractivity contribution in [2.75, 3.05) is 43.5 Å². The highest BCUT2D eigenvalue weighted by Crippen LogP contribution is 2.33. The lowest BCUT2D eigenvalue weighted by molar-refractivity contribution is -0.138. The van der Waals surface area contributed by atoms with Gasteiger partial charge in [-0.2, -0.15) is 0 Å². The Bertz CT molecular complexity index is 749. The number of aliphatic carboxylic acids is 1. The summed E-state index contributed by atoms with van der Waals surface area (Å²) < 4.78 is 0. The fourth-order valence-corrected chi connectivity index (χ4v) is 3.92. The third-order valence-electron chi connectivity index (χ3n) is 5.56. The van der Waals surface area contributed by atoms with Gasteiger partial charge in [0.05, 0.1) is 17.9 Å². The third-order valence-corrected chi connectivity index (χ3v) is 5.56. The van der Waals surface area contributed by atoms with Crippen molar-refractivity contribution in [3.63, 3.8) is 0 Å². The summed E-state index contributed by atoms with van der Waals surface area (Å²) in [5, 5.41) is 11.5. The average Bonchev–Trinajstić information content (AvgIpc) is 2.76. The smallest absolute Gasteiger partial charge is 0.317 e. The van der Waals surface area contributed by atoms with Gasteiger partial charge in [-0.15, -0.1) is 0 Å². The van der Waals surface area contributed by atoms with Crippen molar-refractivity contribution in [1.82, 2.24) is 10.2 Å². The molecule has 0 radical (unpaired) electrons. The van der Waals surface area contributed by atoms with Crippen molar-refractivity contribution in [3.05, 3.63) is 24.3 Å². The fourth-order valence-electron chi connectivity index (χ4n) is 3.92. The van der Waals surface area contributed by atoms with Gasteiger partial charge in [-0.1, -0.05) is 12.1 Å². The summed E-state index contributed by atoms with van der Waals surface area (Å²) in [6.45, 7) is 1.40. The van der Waals surface area contributed by atoms with Crippen LogP contribution in [0.25, 0.3) is 0 Å². The minimum absolute atomic E-state index is 0.0382. The highest BCUT2D eigenvalue weighted by molar-refractivity contribution is 5.95. The maximum atomic E-state index is 12.4. The molecule has 0 saturated carbocycles. The topological polar surface area (TPSA) is 110 Å². The maximum absolute atomic E-state index is 12.4. The molecule has 9 nitrogen and oxygen atoms in total. The standard InChI is InChI=1S/C21H30N4O5/c1-22-21(30)19(8-5-13-26)25(15-27)18-7-4-3-6-17(18)23(2)16-9-11-24(12-10-16)14-20(28)29/h3-4,6-7,13,15-16,19H,5,8-12,14H2,1-2H3,(H,22,30)(H,28,29). The fraction of sp³-hybridized carbons (Fsp3) is 0.524. The van der Waals surface area contributed by atoms with Crippen LogP contribution in [0.4, 0.5) is 11.4 Å². The third kappa shape index (κ3) is 5.79. The number of carboxylic acids is 1. The molecule has 1 atom stereocenters. The molecular weight excluding hydrogens is 388 g/mol. The molecule has 9 heteroatoms.